The fraction of sp³-hybridized carbons (Fsp3) is 0.500. The fourth-order valence-electron chi connectivity index (χ4n) is 1.70. The van der Waals surface area contributed by atoms with Crippen molar-refractivity contribution in [3.8, 4) is 0 Å². The summed E-state index contributed by atoms with van der Waals surface area (Å²) in [5.41, 5.74) is 3.68. The number of rotatable bonds is 5. The maximum absolute atomic E-state index is 12.0. The highest BCUT2D eigenvalue weighted by Gasteiger charge is 2.28. The number of hydrazine groups is 1. The van der Waals surface area contributed by atoms with Gasteiger partial charge in [0.15, 0.2) is 0 Å². The summed E-state index contributed by atoms with van der Waals surface area (Å²) >= 11 is 0. The zero-order valence-electron chi connectivity index (χ0n) is 13.8. The molecule has 1 aromatic carbocycles. The lowest BCUT2D eigenvalue weighted by Crippen LogP contribution is -2.49. The molecule has 0 unspecified atom stereocenters. The van der Waals surface area contributed by atoms with Gasteiger partial charge in [-0.3, -0.25) is 5.43 Å². The van der Waals surface area contributed by atoms with Crippen LogP contribution in [0, 0.1) is 0 Å². The molecule has 0 aliphatic rings. The van der Waals surface area contributed by atoms with Gasteiger partial charge in [-0.15, -0.1) is 0 Å². The maximum atomic E-state index is 12.0. The predicted octanol–water partition coefficient (Wildman–Crippen LogP) is 3.45. The van der Waals surface area contributed by atoms with E-state index in [2.05, 4.69) is 5.43 Å². The van der Waals surface area contributed by atoms with Gasteiger partial charge in [0.25, 0.3) is 0 Å². The van der Waals surface area contributed by atoms with Crippen molar-refractivity contribution in [3.63, 3.8) is 0 Å². The van der Waals surface area contributed by atoms with Gasteiger partial charge in [-0.2, -0.15) is 0 Å². The number of hydrogen-bond acceptors (Lipinski definition) is 5. The molecule has 0 aromatic heterocycles. The molecule has 6 heteroatoms. The molecule has 0 radical (unpaired) electrons. The van der Waals surface area contributed by atoms with Gasteiger partial charge in [0.1, 0.15) is 0 Å². The molecule has 22 heavy (non-hydrogen) atoms. The lowest BCUT2D eigenvalue weighted by Gasteiger charge is -2.35. The number of benzene rings is 1. The standard InChI is InChI=1S/C16H24N2O4/c1-6-21-14(19)12-8-10-13(11-9-12)17-18(16(3,4)5)15(20)22-7-2/h8-11,17H,6-7H2,1-5H3. The van der Waals surface area contributed by atoms with Crippen LogP contribution < -0.4 is 5.43 Å². The summed E-state index contributed by atoms with van der Waals surface area (Å²) in [5.74, 6) is -0.368. The number of ether oxygens (including phenoxy) is 2. The fourth-order valence-corrected chi connectivity index (χ4v) is 1.70. The summed E-state index contributed by atoms with van der Waals surface area (Å²) < 4.78 is 9.98. The Morgan fingerprint density at radius 2 is 1.59 bits per heavy atom. The van der Waals surface area contributed by atoms with Gasteiger partial charge in [0, 0.05) is 0 Å². The average Bonchev–Trinajstić information content (AvgIpc) is 2.44. The molecule has 0 spiro atoms. The first-order valence-electron chi connectivity index (χ1n) is 7.30. The molecular formula is C16H24N2O4. The van der Waals surface area contributed by atoms with Gasteiger partial charge in [-0.25, -0.2) is 14.6 Å². The number of esters is 1. The summed E-state index contributed by atoms with van der Waals surface area (Å²) in [7, 11) is 0. The van der Waals surface area contributed by atoms with Crippen LogP contribution in [0.15, 0.2) is 24.3 Å². The summed E-state index contributed by atoms with van der Waals surface area (Å²) in [6, 6.07) is 6.72. The molecule has 1 aromatic rings. The summed E-state index contributed by atoms with van der Waals surface area (Å²) in [6.07, 6.45) is -0.454. The van der Waals surface area contributed by atoms with Crippen molar-refractivity contribution in [1.82, 2.24) is 5.01 Å². The zero-order chi connectivity index (χ0) is 16.8. The first kappa shape index (κ1) is 17.8. The van der Waals surface area contributed by atoms with E-state index in [1.807, 2.05) is 20.8 Å². The first-order chi connectivity index (χ1) is 10.3. The van der Waals surface area contributed by atoms with Crippen LogP contribution in [-0.4, -0.2) is 35.8 Å². The molecule has 1 N–H and O–H groups in total. The lowest BCUT2D eigenvalue weighted by molar-refractivity contribution is 0.0526. The van der Waals surface area contributed by atoms with Gasteiger partial charge in [0.2, 0.25) is 0 Å². The number of carbonyl (C=O) groups excluding carboxylic acids is 2. The van der Waals surface area contributed by atoms with Crippen LogP contribution in [0.5, 0.6) is 0 Å². The maximum Gasteiger partial charge on any atom is 0.429 e. The van der Waals surface area contributed by atoms with Crippen LogP contribution in [0.4, 0.5) is 10.5 Å². The van der Waals surface area contributed by atoms with E-state index in [-0.39, 0.29) is 5.97 Å². The van der Waals surface area contributed by atoms with Crippen LogP contribution in [0.1, 0.15) is 45.0 Å². The third-order valence-electron chi connectivity index (χ3n) is 2.76. The average molecular weight is 308 g/mol. The molecule has 0 heterocycles. The number of carbonyl (C=O) groups is 2. The SMILES string of the molecule is CCOC(=O)c1ccc(NN(C(=O)OCC)C(C)(C)C)cc1. The molecule has 0 aliphatic carbocycles. The predicted molar refractivity (Wildman–Crippen MR) is 84.6 cm³/mol. The largest absolute Gasteiger partial charge is 0.462 e. The second-order valence-corrected chi connectivity index (χ2v) is 5.61. The van der Waals surface area contributed by atoms with Gasteiger partial charge in [-0.1, -0.05) is 0 Å². The minimum Gasteiger partial charge on any atom is -0.462 e. The quantitative estimate of drug-likeness (QED) is 0.666. The number of nitrogens with one attached hydrogen (secondary N) is 1. The molecule has 0 aliphatic heterocycles. The van der Waals surface area contributed by atoms with Crippen molar-refractivity contribution in [2.24, 2.45) is 0 Å². The monoisotopic (exact) mass is 308 g/mol. The highest BCUT2D eigenvalue weighted by atomic mass is 16.6. The normalized spacial score (nSPS) is 10.8. The molecule has 1 rings (SSSR count). The highest BCUT2D eigenvalue weighted by molar-refractivity contribution is 5.89. The smallest absolute Gasteiger partial charge is 0.429 e. The van der Waals surface area contributed by atoms with E-state index in [1.165, 1.54) is 5.01 Å². The van der Waals surface area contributed by atoms with Crippen LogP contribution in [0.2, 0.25) is 0 Å². The minimum absolute atomic E-state index is 0.300. The van der Waals surface area contributed by atoms with Crippen molar-refractivity contribution in [1.29, 1.82) is 0 Å². The van der Waals surface area contributed by atoms with Crippen molar-refractivity contribution >= 4 is 17.7 Å². The van der Waals surface area contributed by atoms with Gasteiger partial charge < -0.3 is 9.47 Å². The molecule has 6 nitrogen and oxygen atoms in total. The second kappa shape index (κ2) is 7.68. The van der Waals surface area contributed by atoms with Gasteiger partial charge >= 0.3 is 12.1 Å². The minimum atomic E-state index is -0.466. The molecule has 1 amide bonds. The number of nitrogens with zero attached hydrogens (tertiary/aromatic N) is 1. The Kier molecular flexibility index (Phi) is 6.22. The van der Waals surface area contributed by atoms with E-state index in [4.69, 9.17) is 9.47 Å². The summed E-state index contributed by atoms with van der Waals surface area (Å²) in [5, 5.41) is 1.41. The Hall–Kier alpha value is -2.24. The second-order valence-electron chi connectivity index (χ2n) is 5.61. The molecule has 0 atom stereocenters. The van der Waals surface area contributed by atoms with E-state index in [0.717, 1.165) is 0 Å². The zero-order valence-corrected chi connectivity index (χ0v) is 13.8. The molecule has 122 valence electrons. The first-order valence-corrected chi connectivity index (χ1v) is 7.30. The topological polar surface area (TPSA) is 67.9 Å². The number of amides is 1. The van der Waals surface area contributed by atoms with Crippen LogP contribution in [0.25, 0.3) is 0 Å². The van der Waals surface area contributed by atoms with E-state index in [9.17, 15) is 9.59 Å². The molecule has 0 saturated heterocycles. The van der Waals surface area contributed by atoms with Gasteiger partial charge in [0.05, 0.1) is 30.0 Å². The third-order valence-corrected chi connectivity index (χ3v) is 2.76. The Morgan fingerprint density at radius 1 is 1.05 bits per heavy atom. The van der Waals surface area contributed by atoms with E-state index < -0.39 is 11.6 Å². The van der Waals surface area contributed by atoms with Crippen molar-refractivity contribution in [2.45, 2.75) is 40.2 Å². The summed E-state index contributed by atoms with van der Waals surface area (Å²) in [4.78, 5) is 23.6. The molecular weight excluding hydrogens is 284 g/mol. The Bertz CT molecular complexity index is 506. The van der Waals surface area contributed by atoms with Crippen molar-refractivity contribution in [3.05, 3.63) is 29.8 Å². The summed E-state index contributed by atoms with van der Waals surface area (Å²) in [6.45, 7) is 9.83. The molecule has 0 saturated carbocycles. The van der Waals surface area contributed by atoms with Crippen molar-refractivity contribution < 1.29 is 19.1 Å². The van der Waals surface area contributed by atoms with E-state index in [1.54, 1.807) is 38.1 Å². The highest BCUT2D eigenvalue weighted by Crippen LogP contribution is 2.18. The molecule has 0 fully saturated rings. The Morgan fingerprint density at radius 3 is 2.05 bits per heavy atom. The van der Waals surface area contributed by atoms with Crippen LogP contribution >= 0.6 is 0 Å². The lowest BCUT2D eigenvalue weighted by atomic mass is 10.1. The Labute approximate surface area is 131 Å². The third kappa shape index (κ3) is 4.95. The van der Waals surface area contributed by atoms with Gasteiger partial charge in [-0.05, 0) is 58.9 Å². The van der Waals surface area contributed by atoms with E-state index >= 15 is 0 Å². The Balaban J connectivity index is 2.86. The molecule has 0 bridgehead atoms. The van der Waals surface area contributed by atoms with Crippen LogP contribution in [-0.2, 0) is 9.47 Å². The number of anilines is 1. The van der Waals surface area contributed by atoms with Crippen molar-refractivity contribution in [2.75, 3.05) is 18.6 Å². The van der Waals surface area contributed by atoms with E-state index in [0.29, 0.717) is 24.5 Å². The van der Waals surface area contributed by atoms with Crippen LogP contribution in [0.3, 0.4) is 0 Å². The number of hydrogen-bond donors (Lipinski definition) is 1.